The van der Waals surface area contributed by atoms with Crippen molar-refractivity contribution in [3.8, 4) is 0 Å². The lowest BCUT2D eigenvalue weighted by atomic mass is 10.0. The van der Waals surface area contributed by atoms with Gasteiger partial charge < -0.3 is 10.6 Å². The molecule has 0 radical (unpaired) electrons. The zero-order valence-electron chi connectivity index (χ0n) is 11.0. The van der Waals surface area contributed by atoms with Gasteiger partial charge >= 0.3 is 0 Å². The topological polar surface area (TPSA) is 42.2 Å². The van der Waals surface area contributed by atoms with Gasteiger partial charge in [-0.25, -0.2) is 0 Å². The number of para-hydroxylation sites is 1. The van der Waals surface area contributed by atoms with E-state index in [2.05, 4.69) is 16.0 Å². The van der Waals surface area contributed by atoms with E-state index in [4.69, 9.17) is 17.3 Å². The van der Waals surface area contributed by atoms with Crippen molar-refractivity contribution >= 4 is 28.2 Å². The van der Waals surface area contributed by atoms with Gasteiger partial charge in [-0.1, -0.05) is 23.7 Å². The molecule has 4 heteroatoms. The third-order valence-corrected chi connectivity index (χ3v) is 3.39. The lowest BCUT2D eigenvalue weighted by Crippen LogP contribution is -2.16. The second kappa shape index (κ2) is 5.12. The van der Waals surface area contributed by atoms with Crippen molar-refractivity contribution in [2.75, 3.05) is 25.5 Å². The highest BCUT2D eigenvalue weighted by molar-refractivity contribution is 6.35. The molecule has 2 N–H and O–H groups in total. The minimum atomic E-state index is 0.620. The highest BCUT2D eigenvalue weighted by Crippen LogP contribution is 2.33. The van der Waals surface area contributed by atoms with Crippen LogP contribution in [0.5, 0.6) is 0 Å². The fraction of sp³-hybridized carbons (Fsp3) is 0.357. The molecule has 0 unspecified atom stereocenters. The molecule has 2 aromatic rings. The van der Waals surface area contributed by atoms with Crippen LogP contribution in [0.4, 0.5) is 5.69 Å². The molecule has 0 saturated heterocycles. The summed E-state index contributed by atoms with van der Waals surface area (Å²) < 4.78 is 0. The highest BCUT2D eigenvalue weighted by Gasteiger charge is 2.15. The van der Waals surface area contributed by atoms with E-state index >= 15 is 0 Å². The molecule has 0 bridgehead atoms. The molecule has 1 aromatic carbocycles. The van der Waals surface area contributed by atoms with Gasteiger partial charge in [0.05, 0.1) is 16.2 Å². The summed E-state index contributed by atoms with van der Waals surface area (Å²) in [7, 11) is 4.07. The van der Waals surface area contributed by atoms with Crippen LogP contribution < -0.4 is 10.6 Å². The number of aromatic nitrogens is 1. The number of nitrogens with two attached hydrogens (primary N) is 1. The minimum absolute atomic E-state index is 0.620. The molecule has 0 aliphatic rings. The summed E-state index contributed by atoms with van der Waals surface area (Å²) in [5.41, 5.74) is 9.94. The maximum atomic E-state index is 6.23. The second-order valence-electron chi connectivity index (χ2n) is 4.59. The summed E-state index contributed by atoms with van der Waals surface area (Å²) in [4.78, 5) is 6.73. The smallest absolute Gasteiger partial charge is 0.0912 e. The first-order valence-electron chi connectivity index (χ1n) is 6.01. The van der Waals surface area contributed by atoms with Crippen molar-refractivity contribution < 1.29 is 0 Å². The summed E-state index contributed by atoms with van der Waals surface area (Å²) in [5.74, 6) is 0. The largest absolute Gasteiger partial charge is 0.377 e. The van der Waals surface area contributed by atoms with Crippen LogP contribution in [0.25, 0.3) is 10.9 Å². The van der Waals surface area contributed by atoms with E-state index in [1.807, 2.05) is 33.2 Å². The molecule has 18 heavy (non-hydrogen) atoms. The average molecular weight is 264 g/mol. The highest BCUT2D eigenvalue weighted by atomic mass is 35.5. The average Bonchev–Trinajstić information content (AvgIpc) is 2.31. The van der Waals surface area contributed by atoms with Gasteiger partial charge in [-0.3, -0.25) is 4.98 Å². The predicted molar refractivity (Wildman–Crippen MR) is 78.6 cm³/mol. The number of halogens is 1. The molecule has 0 aliphatic heterocycles. The molecule has 3 nitrogen and oxygen atoms in total. The maximum absolute atomic E-state index is 6.23. The molecule has 0 fully saturated rings. The Morgan fingerprint density at radius 1 is 1.33 bits per heavy atom. The zero-order valence-corrected chi connectivity index (χ0v) is 11.8. The minimum Gasteiger partial charge on any atom is -0.377 e. The molecule has 0 atom stereocenters. The van der Waals surface area contributed by atoms with Crippen molar-refractivity contribution in [3.05, 3.63) is 34.5 Å². The second-order valence-corrected chi connectivity index (χ2v) is 5.00. The van der Waals surface area contributed by atoms with E-state index in [1.165, 1.54) is 11.3 Å². The zero-order chi connectivity index (χ0) is 13.3. The molecule has 0 aliphatic carbocycles. The number of fused-ring (bicyclic) bond motifs is 1. The number of benzene rings is 1. The molecule has 1 heterocycles. The summed E-state index contributed by atoms with van der Waals surface area (Å²) >= 11 is 6.23. The maximum Gasteiger partial charge on any atom is 0.0912 e. The number of anilines is 1. The van der Waals surface area contributed by atoms with E-state index in [9.17, 15) is 0 Å². The fourth-order valence-electron chi connectivity index (χ4n) is 2.34. The van der Waals surface area contributed by atoms with Crippen LogP contribution in [0, 0.1) is 6.92 Å². The van der Waals surface area contributed by atoms with Gasteiger partial charge in [0.15, 0.2) is 0 Å². The Balaban J connectivity index is 2.85. The molecular weight excluding hydrogens is 246 g/mol. The van der Waals surface area contributed by atoms with E-state index in [-0.39, 0.29) is 0 Å². The Labute approximate surface area is 113 Å². The molecule has 1 aromatic heterocycles. The molecule has 0 amide bonds. The molecule has 0 spiro atoms. The van der Waals surface area contributed by atoms with E-state index < -0.39 is 0 Å². The number of hydrogen-bond acceptors (Lipinski definition) is 3. The summed E-state index contributed by atoms with van der Waals surface area (Å²) in [6.45, 7) is 2.64. The summed E-state index contributed by atoms with van der Waals surface area (Å²) in [6, 6.07) is 5.89. The van der Waals surface area contributed by atoms with E-state index in [0.717, 1.165) is 23.0 Å². The Kier molecular flexibility index (Phi) is 3.73. The number of pyridine rings is 1. The lowest BCUT2D eigenvalue weighted by Gasteiger charge is -2.21. The van der Waals surface area contributed by atoms with Crippen LogP contribution in [0.15, 0.2) is 18.2 Å². The standard InChI is InChI=1S/C14H18ClN3/c1-9-10(7-8-16)14(18(2)3)11-5-4-6-12(15)13(11)17-9/h4-6H,7-8,16H2,1-3H3. The van der Waals surface area contributed by atoms with Crippen LogP contribution >= 0.6 is 11.6 Å². The van der Waals surface area contributed by atoms with Crippen molar-refractivity contribution in [2.45, 2.75) is 13.3 Å². The molecule has 96 valence electrons. The third kappa shape index (κ3) is 2.16. The van der Waals surface area contributed by atoms with Crippen LogP contribution in [-0.4, -0.2) is 25.6 Å². The molecular formula is C14H18ClN3. The van der Waals surface area contributed by atoms with E-state index in [1.54, 1.807) is 0 Å². The van der Waals surface area contributed by atoms with Crippen LogP contribution in [0.3, 0.4) is 0 Å². The SMILES string of the molecule is Cc1nc2c(Cl)cccc2c(N(C)C)c1CCN. The Bertz CT molecular complexity index is 579. The van der Waals surface area contributed by atoms with E-state index in [0.29, 0.717) is 11.6 Å². The van der Waals surface area contributed by atoms with Crippen molar-refractivity contribution in [1.82, 2.24) is 4.98 Å². The van der Waals surface area contributed by atoms with Gasteiger partial charge in [0, 0.05) is 25.2 Å². The first-order chi connectivity index (χ1) is 8.56. The van der Waals surface area contributed by atoms with Gasteiger partial charge in [0.2, 0.25) is 0 Å². The van der Waals surface area contributed by atoms with Crippen molar-refractivity contribution in [3.63, 3.8) is 0 Å². The lowest BCUT2D eigenvalue weighted by molar-refractivity contribution is 0.933. The Morgan fingerprint density at radius 3 is 2.67 bits per heavy atom. The number of nitrogens with zero attached hydrogens (tertiary/aromatic N) is 2. The summed E-state index contributed by atoms with van der Waals surface area (Å²) in [5, 5.41) is 1.78. The van der Waals surface area contributed by atoms with Gasteiger partial charge in [0.1, 0.15) is 0 Å². The number of rotatable bonds is 3. The Morgan fingerprint density at radius 2 is 2.06 bits per heavy atom. The van der Waals surface area contributed by atoms with Gasteiger partial charge in [0.25, 0.3) is 0 Å². The van der Waals surface area contributed by atoms with Crippen LogP contribution in [-0.2, 0) is 6.42 Å². The third-order valence-electron chi connectivity index (χ3n) is 3.09. The van der Waals surface area contributed by atoms with Gasteiger partial charge in [-0.05, 0) is 31.5 Å². The van der Waals surface area contributed by atoms with Gasteiger partial charge in [-0.2, -0.15) is 0 Å². The predicted octanol–water partition coefficient (Wildman–Crippen LogP) is 2.76. The van der Waals surface area contributed by atoms with Gasteiger partial charge in [-0.15, -0.1) is 0 Å². The fourth-order valence-corrected chi connectivity index (χ4v) is 2.56. The molecule has 2 rings (SSSR count). The monoisotopic (exact) mass is 263 g/mol. The number of aryl methyl sites for hydroxylation is 1. The van der Waals surface area contributed by atoms with Crippen molar-refractivity contribution in [2.24, 2.45) is 5.73 Å². The molecule has 0 saturated carbocycles. The van der Waals surface area contributed by atoms with Crippen molar-refractivity contribution in [1.29, 1.82) is 0 Å². The van der Waals surface area contributed by atoms with Crippen LogP contribution in [0.2, 0.25) is 5.02 Å². The quantitative estimate of drug-likeness (QED) is 0.926. The summed E-state index contributed by atoms with van der Waals surface area (Å²) in [6.07, 6.45) is 0.828. The Hall–Kier alpha value is -1.32. The first kappa shape index (κ1) is 13.1. The number of hydrogen-bond donors (Lipinski definition) is 1. The van der Waals surface area contributed by atoms with Crippen LogP contribution in [0.1, 0.15) is 11.3 Å². The first-order valence-corrected chi connectivity index (χ1v) is 6.39. The normalized spacial score (nSPS) is 10.9.